The van der Waals surface area contributed by atoms with E-state index >= 15 is 0 Å². The van der Waals surface area contributed by atoms with Gasteiger partial charge in [0.15, 0.2) is 0 Å². The molecule has 6 nitrogen and oxygen atoms in total. The summed E-state index contributed by atoms with van der Waals surface area (Å²) < 4.78 is 0. The molecule has 0 saturated carbocycles. The smallest absolute Gasteiger partial charge is 0.135 e. The first-order chi connectivity index (χ1) is 19.4. The third kappa shape index (κ3) is 5.49. The first-order valence-corrected chi connectivity index (χ1v) is 16.4. The van der Waals surface area contributed by atoms with Crippen LogP contribution in [0.25, 0.3) is 0 Å². The van der Waals surface area contributed by atoms with Gasteiger partial charge in [-0.2, -0.15) is 0 Å². The number of nitrogens with zero attached hydrogens (tertiary/aromatic N) is 5. The third-order valence-corrected chi connectivity index (χ3v) is 11.3. The Balaban J connectivity index is 1.29. The lowest BCUT2D eigenvalue weighted by molar-refractivity contribution is 0.207. The Morgan fingerprint density at radius 2 is 2.00 bits per heavy atom. The zero-order valence-electron chi connectivity index (χ0n) is 24.7. The van der Waals surface area contributed by atoms with Crippen LogP contribution < -0.4 is 10.6 Å². The summed E-state index contributed by atoms with van der Waals surface area (Å²) in [6, 6.07) is 3.32. The second-order valence-corrected chi connectivity index (χ2v) is 14.2. The maximum atomic E-state index is 6.08. The molecule has 216 valence electrons. The number of aromatic nitrogens is 2. The predicted octanol–water partition coefficient (Wildman–Crippen LogP) is 5.01. The largest absolute Gasteiger partial charge is 0.365 e. The maximum Gasteiger partial charge on any atom is 0.135 e. The van der Waals surface area contributed by atoms with Crippen LogP contribution in [0.2, 0.25) is 0 Å². The molecule has 4 heterocycles. The molecule has 0 radical (unpaired) electrons. The summed E-state index contributed by atoms with van der Waals surface area (Å²) in [4.78, 5) is 19.8. The zero-order chi connectivity index (χ0) is 27.9. The molecule has 2 fully saturated rings. The van der Waals surface area contributed by atoms with Crippen molar-refractivity contribution >= 4 is 17.2 Å². The Morgan fingerprint density at radius 1 is 1.15 bits per heavy atom. The fourth-order valence-electron chi connectivity index (χ4n) is 8.09. The highest BCUT2D eigenvalue weighted by molar-refractivity contribution is 7.10. The molecule has 7 heteroatoms. The number of fused-ring (bicyclic) bond motifs is 2. The molecule has 2 aliphatic carbocycles. The van der Waals surface area contributed by atoms with Crippen molar-refractivity contribution in [2.75, 3.05) is 44.7 Å². The number of allylic oxidation sites excluding steroid dienone is 1. The molecule has 2 N–H and O–H groups in total. The van der Waals surface area contributed by atoms with E-state index in [0.717, 1.165) is 69.2 Å². The summed E-state index contributed by atoms with van der Waals surface area (Å²) in [5.41, 5.74) is 11.8. The van der Waals surface area contributed by atoms with Gasteiger partial charge in [0.05, 0.1) is 0 Å². The van der Waals surface area contributed by atoms with Gasteiger partial charge in [-0.05, 0) is 106 Å². The quantitative estimate of drug-likeness (QED) is 0.458. The van der Waals surface area contributed by atoms with Crippen LogP contribution in [-0.2, 0) is 32.1 Å². The zero-order valence-corrected chi connectivity index (χ0v) is 25.5. The topological polar surface area (TPSA) is 61.5 Å². The molecule has 6 rings (SSSR count). The van der Waals surface area contributed by atoms with Crippen LogP contribution in [0.3, 0.4) is 0 Å². The average molecular weight is 561 g/mol. The lowest BCUT2D eigenvalue weighted by Crippen LogP contribution is -2.53. The number of rotatable bonds is 8. The minimum absolute atomic E-state index is 0.331. The summed E-state index contributed by atoms with van der Waals surface area (Å²) >= 11 is 1.96. The summed E-state index contributed by atoms with van der Waals surface area (Å²) in [5.74, 6) is 3.05. The Labute approximate surface area is 245 Å². The van der Waals surface area contributed by atoms with Crippen molar-refractivity contribution in [1.29, 1.82) is 0 Å². The van der Waals surface area contributed by atoms with Gasteiger partial charge in [0.25, 0.3) is 0 Å². The van der Waals surface area contributed by atoms with Crippen LogP contribution in [0.1, 0.15) is 66.6 Å². The first-order valence-electron chi connectivity index (χ1n) is 15.5. The molecule has 4 aliphatic rings. The molecular formula is C33H48N6S. The number of piperazine rings is 1. The molecule has 2 aromatic heterocycles. The maximum absolute atomic E-state index is 6.08. The number of hydrogen-bond acceptors (Lipinski definition) is 7. The van der Waals surface area contributed by atoms with Crippen LogP contribution in [0.15, 0.2) is 36.4 Å². The van der Waals surface area contributed by atoms with E-state index in [1.54, 1.807) is 10.4 Å². The van der Waals surface area contributed by atoms with E-state index in [0.29, 0.717) is 24.0 Å². The number of thiophene rings is 1. The minimum atomic E-state index is 0.331. The van der Waals surface area contributed by atoms with Crippen molar-refractivity contribution in [3.05, 3.63) is 63.9 Å². The van der Waals surface area contributed by atoms with Gasteiger partial charge in [-0.15, -0.1) is 11.3 Å². The molecule has 1 spiro atoms. The molecule has 0 aromatic carbocycles. The van der Waals surface area contributed by atoms with E-state index < -0.39 is 0 Å². The highest BCUT2D eigenvalue weighted by Crippen LogP contribution is 2.47. The van der Waals surface area contributed by atoms with Crippen molar-refractivity contribution in [1.82, 2.24) is 19.8 Å². The molecule has 0 bridgehead atoms. The van der Waals surface area contributed by atoms with Crippen molar-refractivity contribution in [3.8, 4) is 0 Å². The summed E-state index contributed by atoms with van der Waals surface area (Å²) in [5, 5.41) is 2.29. The van der Waals surface area contributed by atoms with Gasteiger partial charge in [-0.1, -0.05) is 20.1 Å². The van der Waals surface area contributed by atoms with Gasteiger partial charge in [0.1, 0.15) is 11.6 Å². The van der Waals surface area contributed by atoms with E-state index in [1.807, 2.05) is 17.4 Å². The van der Waals surface area contributed by atoms with E-state index in [9.17, 15) is 0 Å². The summed E-state index contributed by atoms with van der Waals surface area (Å²) in [6.07, 6.45) is 13.4. The van der Waals surface area contributed by atoms with Crippen LogP contribution in [0.5, 0.6) is 0 Å². The number of nitrogens with two attached hydrogens (primary N) is 1. The van der Waals surface area contributed by atoms with Gasteiger partial charge in [-0.3, -0.25) is 0 Å². The number of anilines is 1. The highest BCUT2D eigenvalue weighted by Gasteiger charge is 2.41. The molecule has 4 atom stereocenters. The average Bonchev–Trinajstić information content (AvgIpc) is 3.55. The van der Waals surface area contributed by atoms with Crippen molar-refractivity contribution in [3.63, 3.8) is 0 Å². The van der Waals surface area contributed by atoms with E-state index in [2.05, 4.69) is 53.3 Å². The van der Waals surface area contributed by atoms with Crippen molar-refractivity contribution in [2.45, 2.75) is 83.2 Å². The summed E-state index contributed by atoms with van der Waals surface area (Å²) in [6.45, 7) is 15.3. The normalized spacial score (nSPS) is 28.5. The fourth-order valence-corrected chi connectivity index (χ4v) is 9.20. The number of likely N-dealkylation sites (tertiary alicyclic amines) is 1. The second-order valence-electron chi connectivity index (χ2n) is 13.2. The molecule has 4 unspecified atom stereocenters. The van der Waals surface area contributed by atoms with E-state index in [1.165, 1.54) is 55.7 Å². The van der Waals surface area contributed by atoms with E-state index in [-0.39, 0.29) is 0 Å². The van der Waals surface area contributed by atoms with Gasteiger partial charge in [0.2, 0.25) is 0 Å². The minimum Gasteiger partial charge on any atom is -0.365 e. The molecule has 0 amide bonds. The SMILES string of the molecule is C=CC(=C)N1CCN(c2nc(CCC3CC(C)CN3C)nc3c2CCC2(CCc4ccsc4C2)C3)CC1CCN. The Hall–Kier alpha value is -2.22. The lowest BCUT2D eigenvalue weighted by atomic mass is 9.65. The molecule has 40 heavy (non-hydrogen) atoms. The van der Waals surface area contributed by atoms with Crippen LogP contribution in [-0.4, -0.2) is 71.6 Å². The van der Waals surface area contributed by atoms with Crippen molar-refractivity contribution in [2.24, 2.45) is 17.1 Å². The van der Waals surface area contributed by atoms with Crippen LogP contribution in [0, 0.1) is 11.3 Å². The summed E-state index contributed by atoms with van der Waals surface area (Å²) in [7, 11) is 2.28. The highest BCUT2D eigenvalue weighted by atomic mass is 32.1. The fraction of sp³-hybridized carbons (Fsp3) is 0.636. The van der Waals surface area contributed by atoms with Crippen molar-refractivity contribution < 1.29 is 0 Å². The number of hydrogen-bond donors (Lipinski definition) is 1. The first kappa shape index (κ1) is 27.9. The molecule has 2 aromatic rings. The van der Waals surface area contributed by atoms with Gasteiger partial charge in [-0.25, -0.2) is 9.97 Å². The number of aryl methyl sites for hydroxylation is 2. The van der Waals surface area contributed by atoms with E-state index in [4.69, 9.17) is 15.7 Å². The Bertz CT molecular complexity index is 1240. The Morgan fingerprint density at radius 3 is 2.77 bits per heavy atom. The third-order valence-electron chi connectivity index (χ3n) is 10.3. The molecule has 2 aliphatic heterocycles. The Kier molecular flexibility index (Phi) is 8.08. The van der Waals surface area contributed by atoms with Crippen LogP contribution in [0.4, 0.5) is 5.82 Å². The van der Waals surface area contributed by atoms with Gasteiger partial charge in [0, 0.05) is 66.5 Å². The standard InChI is InChI=1S/C33H48N6S/c1-5-24(3)39-16-15-38(22-27(39)10-14-34)32-28-9-13-33(12-8-25-11-17-40-30(25)20-33)19-29(28)35-31(36-32)7-6-26-18-23(2)21-37(26)4/h5,11,17,23,26-27H,1,3,6-10,12-16,18-22,34H2,2,4H3. The van der Waals surface area contributed by atoms with Gasteiger partial charge >= 0.3 is 0 Å². The molecule has 2 saturated heterocycles. The predicted molar refractivity (Wildman–Crippen MR) is 167 cm³/mol. The van der Waals surface area contributed by atoms with Crippen LogP contribution >= 0.6 is 11.3 Å². The van der Waals surface area contributed by atoms with Gasteiger partial charge < -0.3 is 20.4 Å². The lowest BCUT2D eigenvalue weighted by Gasteiger charge is -2.45. The monoisotopic (exact) mass is 560 g/mol. The second kappa shape index (κ2) is 11.6. The molecular weight excluding hydrogens is 512 g/mol.